The summed E-state index contributed by atoms with van der Waals surface area (Å²) in [7, 11) is 0. The van der Waals surface area contributed by atoms with E-state index in [4.69, 9.17) is 21.1 Å². The summed E-state index contributed by atoms with van der Waals surface area (Å²) < 4.78 is 12.6. The third-order valence-corrected chi connectivity index (χ3v) is 6.85. The third kappa shape index (κ3) is 8.31. The van der Waals surface area contributed by atoms with Crippen LogP contribution in [-0.2, 0) is 0 Å². The fourth-order valence-corrected chi connectivity index (χ4v) is 4.65. The quantitative estimate of drug-likeness (QED) is 0.192. The SMILES string of the molecule is CCN(CC)c1ccc(C=C(C#N)C#N)c(Oc2cc(Cl)cc(Oc3cc(N(CC)CC)ccc3C=C(C#N)C#N)c2)c1. The molecule has 0 spiro atoms. The highest BCUT2D eigenvalue weighted by Gasteiger charge is 2.14. The predicted molar refractivity (Wildman–Crippen MR) is 170 cm³/mol. The van der Waals surface area contributed by atoms with E-state index in [9.17, 15) is 21.0 Å². The molecule has 8 nitrogen and oxygen atoms in total. The van der Waals surface area contributed by atoms with Crippen LogP contribution in [-0.4, -0.2) is 26.2 Å². The predicted octanol–water partition coefficient (Wildman–Crippen LogP) is 8.48. The minimum absolute atomic E-state index is 0.0571. The molecule has 0 saturated carbocycles. The second-order valence-electron chi connectivity index (χ2n) is 9.18. The Hall–Kier alpha value is -5.41. The van der Waals surface area contributed by atoms with E-state index in [1.165, 1.54) is 12.2 Å². The molecule has 3 aromatic rings. The van der Waals surface area contributed by atoms with Gasteiger partial charge in [-0.1, -0.05) is 11.6 Å². The zero-order valence-electron chi connectivity index (χ0n) is 24.6. The number of hydrogen-bond donors (Lipinski definition) is 0. The molecule has 0 radical (unpaired) electrons. The van der Waals surface area contributed by atoms with Crippen LogP contribution >= 0.6 is 11.6 Å². The molecule has 0 atom stereocenters. The van der Waals surface area contributed by atoms with Gasteiger partial charge in [0.2, 0.25) is 0 Å². The third-order valence-electron chi connectivity index (χ3n) is 6.63. The summed E-state index contributed by atoms with van der Waals surface area (Å²) >= 11 is 6.50. The summed E-state index contributed by atoms with van der Waals surface area (Å²) in [5.74, 6) is 1.60. The van der Waals surface area contributed by atoms with Gasteiger partial charge in [-0.05, 0) is 76.2 Å². The van der Waals surface area contributed by atoms with Crippen molar-refractivity contribution in [3.63, 3.8) is 0 Å². The van der Waals surface area contributed by atoms with Crippen molar-refractivity contribution >= 4 is 35.1 Å². The molecule has 0 aliphatic carbocycles. The average Bonchev–Trinajstić information content (AvgIpc) is 3.01. The molecule has 0 N–H and O–H groups in total. The Morgan fingerprint density at radius 3 is 1.33 bits per heavy atom. The molecule has 216 valence electrons. The molecule has 0 amide bonds. The van der Waals surface area contributed by atoms with Gasteiger partial charge in [0, 0.05) is 71.9 Å². The zero-order chi connectivity index (χ0) is 31.4. The molecular weight excluding hydrogens is 560 g/mol. The molecule has 0 aliphatic heterocycles. The van der Waals surface area contributed by atoms with Gasteiger partial charge in [0.05, 0.1) is 0 Å². The molecule has 0 fully saturated rings. The van der Waals surface area contributed by atoms with E-state index >= 15 is 0 Å². The molecule has 0 heterocycles. The Kier molecular flexibility index (Phi) is 11.6. The molecule has 0 bridgehead atoms. The highest BCUT2D eigenvalue weighted by Crippen LogP contribution is 2.38. The largest absolute Gasteiger partial charge is 0.456 e. The Bertz CT molecular complexity index is 1540. The molecule has 0 unspecified atom stereocenters. The lowest BCUT2D eigenvalue weighted by atomic mass is 10.1. The Balaban J connectivity index is 2.10. The van der Waals surface area contributed by atoms with Gasteiger partial charge in [0.25, 0.3) is 0 Å². The maximum Gasteiger partial charge on any atom is 0.136 e. The number of hydrogen-bond acceptors (Lipinski definition) is 8. The monoisotopic (exact) mass is 590 g/mol. The van der Waals surface area contributed by atoms with Crippen molar-refractivity contribution in [1.29, 1.82) is 21.0 Å². The highest BCUT2D eigenvalue weighted by molar-refractivity contribution is 6.30. The average molecular weight is 591 g/mol. The van der Waals surface area contributed by atoms with E-state index in [1.807, 2.05) is 48.5 Å². The first-order chi connectivity index (χ1) is 20.8. The summed E-state index contributed by atoms with van der Waals surface area (Å²) in [6.45, 7) is 11.3. The van der Waals surface area contributed by atoms with Crippen LogP contribution in [0.4, 0.5) is 11.4 Å². The molecule has 0 aliphatic rings. The van der Waals surface area contributed by atoms with E-state index in [0.717, 1.165) is 37.6 Å². The van der Waals surface area contributed by atoms with E-state index < -0.39 is 0 Å². The first kappa shape index (κ1) is 32.1. The standard InChI is InChI=1S/C34H31ClN6O2/c1-5-40(6-2)29-11-9-26(13-24(20-36)21-37)33(17-29)42-31-15-28(35)16-32(19-31)43-34-18-30(41(7-3)8-4)12-10-27(34)14-25(22-38)23-39/h9-19H,5-8H2,1-4H3. The minimum Gasteiger partial charge on any atom is -0.456 e. The molecular formula is C34H31ClN6O2. The smallest absolute Gasteiger partial charge is 0.136 e. The van der Waals surface area contributed by atoms with Crippen LogP contribution < -0.4 is 19.3 Å². The number of anilines is 2. The fourth-order valence-electron chi connectivity index (χ4n) is 4.43. The van der Waals surface area contributed by atoms with Crippen molar-refractivity contribution in [1.82, 2.24) is 0 Å². The van der Waals surface area contributed by atoms with Crippen LogP contribution in [0.3, 0.4) is 0 Å². The lowest BCUT2D eigenvalue weighted by Gasteiger charge is -2.23. The van der Waals surface area contributed by atoms with Crippen LogP contribution in [0.2, 0.25) is 5.02 Å². The second-order valence-corrected chi connectivity index (χ2v) is 9.62. The van der Waals surface area contributed by atoms with E-state index in [1.54, 1.807) is 30.3 Å². The summed E-state index contributed by atoms with van der Waals surface area (Å²) in [6, 6.07) is 23.7. The summed E-state index contributed by atoms with van der Waals surface area (Å²) in [6.07, 6.45) is 2.95. The van der Waals surface area contributed by atoms with Crippen molar-refractivity contribution in [3.05, 3.63) is 81.9 Å². The number of ether oxygens (including phenoxy) is 2. The number of nitriles is 4. The number of rotatable bonds is 12. The Labute approximate surface area is 258 Å². The van der Waals surface area contributed by atoms with Gasteiger partial charge in [-0.25, -0.2) is 0 Å². The minimum atomic E-state index is -0.0571. The number of halogens is 1. The number of nitrogens with zero attached hydrogens (tertiary/aromatic N) is 6. The summed E-state index contributed by atoms with van der Waals surface area (Å²) in [4.78, 5) is 4.30. The van der Waals surface area contributed by atoms with E-state index in [0.29, 0.717) is 39.1 Å². The van der Waals surface area contributed by atoms with Crippen LogP contribution in [0.15, 0.2) is 65.7 Å². The zero-order valence-corrected chi connectivity index (χ0v) is 25.3. The van der Waals surface area contributed by atoms with Crippen molar-refractivity contribution in [2.24, 2.45) is 0 Å². The van der Waals surface area contributed by atoms with Crippen LogP contribution in [0, 0.1) is 45.3 Å². The van der Waals surface area contributed by atoms with Crippen LogP contribution in [0.5, 0.6) is 23.0 Å². The van der Waals surface area contributed by atoms with Crippen molar-refractivity contribution in [2.75, 3.05) is 36.0 Å². The maximum atomic E-state index is 9.33. The molecule has 3 aromatic carbocycles. The lowest BCUT2D eigenvalue weighted by molar-refractivity contribution is 0.459. The fraction of sp³-hybridized carbons (Fsp3) is 0.235. The molecule has 0 saturated heterocycles. The number of benzene rings is 3. The maximum absolute atomic E-state index is 9.33. The first-order valence-corrected chi connectivity index (χ1v) is 14.2. The molecule has 3 rings (SSSR count). The summed E-state index contributed by atoms with van der Waals surface area (Å²) in [5, 5.41) is 37.7. The van der Waals surface area contributed by atoms with Gasteiger partial charge in [-0.3, -0.25) is 0 Å². The normalized spacial score (nSPS) is 9.79. The van der Waals surface area contributed by atoms with Gasteiger partial charge in [0.1, 0.15) is 58.4 Å². The highest BCUT2D eigenvalue weighted by atomic mass is 35.5. The lowest BCUT2D eigenvalue weighted by Crippen LogP contribution is -2.21. The van der Waals surface area contributed by atoms with Crippen LogP contribution in [0.25, 0.3) is 12.2 Å². The van der Waals surface area contributed by atoms with Crippen molar-refractivity contribution in [2.45, 2.75) is 27.7 Å². The number of allylic oxidation sites excluding steroid dienone is 2. The van der Waals surface area contributed by atoms with E-state index in [2.05, 4.69) is 37.5 Å². The van der Waals surface area contributed by atoms with Gasteiger partial charge in [-0.15, -0.1) is 0 Å². The van der Waals surface area contributed by atoms with Crippen LogP contribution in [0.1, 0.15) is 38.8 Å². The molecule has 9 heteroatoms. The van der Waals surface area contributed by atoms with Crippen molar-refractivity contribution in [3.8, 4) is 47.3 Å². The van der Waals surface area contributed by atoms with Gasteiger partial charge >= 0.3 is 0 Å². The first-order valence-electron chi connectivity index (χ1n) is 13.8. The Morgan fingerprint density at radius 2 is 1.00 bits per heavy atom. The van der Waals surface area contributed by atoms with E-state index in [-0.39, 0.29) is 11.1 Å². The molecule has 43 heavy (non-hydrogen) atoms. The van der Waals surface area contributed by atoms with Crippen molar-refractivity contribution < 1.29 is 9.47 Å². The molecule has 0 aromatic heterocycles. The Morgan fingerprint density at radius 1 is 0.628 bits per heavy atom. The van der Waals surface area contributed by atoms with Gasteiger partial charge < -0.3 is 19.3 Å². The second kappa shape index (κ2) is 15.6. The topological polar surface area (TPSA) is 120 Å². The van der Waals surface area contributed by atoms with Gasteiger partial charge in [-0.2, -0.15) is 21.0 Å². The summed E-state index contributed by atoms with van der Waals surface area (Å²) in [5.41, 5.74) is 2.83. The van der Waals surface area contributed by atoms with Gasteiger partial charge in [0.15, 0.2) is 0 Å².